The Morgan fingerprint density at radius 1 is 1.14 bits per heavy atom. The molecule has 0 aliphatic heterocycles. The molecule has 1 aliphatic rings. The van der Waals surface area contributed by atoms with Crippen LogP contribution in [0.2, 0.25) is 0 Å². The summed E-state index contributed by atoms with van der Waals surface area (Å²) in [6, 6.07) is 4.43. The van der Waals surface area contributed by atoms with E-state index in [1.807, 2.05) is 0 Å². The summed E-state index contributed by atoms with van der Waals surface area (Å²) in [5.41, 5.74) is 5.72. The van der Waals surface area contributed by atoms with Crippen LogP contribution >= 0.6 is 11.6 Å². The second-order valence-corrected chi connectivity index (χ2v) is 4.83. The van der Waals surface area contributed by atoms with Crippen molar-refractivity contribution in [2.45, 2.75) is 44.9 Å². The maximum absolute atomic E-state index is 6.43. The highest BCUT2D eigenvalue weighted by molar-refractivity contribution is 6.21. The van der Waals surface area contributed by atoms with Crippen LogP contribution in [0.5, 0.6) is 0 Å². The van der Waals surface area contributed by atoms with Crippen LogP contribution in [0.4, 0.5) is 0 Å². The summed E-state index contributed by atoms with van der Waals surface area (Å²) in [5.74, 6) is 0. The maximum Gasteiger partial charge on any atom is 0.0590 e. The zero-order valence-electron chi connectivity index (χ0n) is 8.94. The average molecular weight is 209 g/mol. The first kappa shape index (κ1) is 10.0. The van der Waals surface area contributed by atoms with Gasteiger partial charge in [-0.05, 0) is 55.4 Å². The van der Waals surface area contributed by atoms with Crippen molar-refractivity contribution >= 4 is 11.6 Å². The van der Waals surface area contributed by atoms with E-state index in [1.165, 1.54) is 41.5 Å². The van der Waals surface area contributed by atoms with Crippen LogP contribution in [-0.4, -0.2) is 0 Å². The molecule has 0 radical (unpaired) electrons. The number of rotatable bonds is 0. The predicted molar refractivity (Wildman–Crippen MR) is 62.1 cm³/mol. The molecule has 1 aliphatic carbocycles. The van der Waals surface area contributed by atoms with Gasteiger partial charge in [0.1, 0.15) is 0 Å². The summed E-state index contributed by atoms with van der Waals surface area (Å²) < 4.78 is 0. The van der Waals surface area contributed by atoms with Gasteiger partial charge >= 0.3 is 0 Å². The molecule has 0 nitrogen and oxygen atoms in total. The Balaban J connectivity index is 2.57. The molecule has 2 rings (SSSR count). The van der Waals surface area contributed by atoms with Crippen molar-refractivity contribution in [2.24, 2.45) is 0 Å². The molecule has 0 bridgehead atoms. The van der Waals surface area contributed by atoms with E-state index in [0.29, 0.717) is 0 Å². The molecule has 0 N–H and O–H groups in total. The van der Waals surface area contributed by atoms with Crippen molar-refractivity contribution < 1.29 is 0 Å². The Labute approximate surface area is 91.3 Å². The quantitative estimate of drug-likeness (QED) is 0.440. The van der Waals surface area contributed by atoms with Crippen LogP contribution in [0.25, 0.3) is 0 Å². The van der Waals surface area contributed by atoms with E-state index < -0.39 is 0 Å². The number of fused-ring (bicyclic) bond motifs is 1. The van der Waals surface area contributed by atoms with Gasteiger partial charge in [-0.25, -0.2) is 0 Å². The highest BCUT2D eigenvalue weighted by atomic mass is 35.5. The lowest BCUT2D eigenvalue weighted by Crippen LogP contribution is -1.99. The first-order valence-electron chi connectivity index (χ1n) is 5.43. The van der Waals surface area contributed by atoms with Gasteiger partial charge in [0.2, 0.25) is 0 Å². The molecular weight excluding hydrogens is 192 g/mol. The summed E-state index contributed by atoms with van der Waals surface area (Å²) in [4.78, 5) is 0. The van der Waals surface area contributed by atoms with E-state index in [4.69, 9.17) is 11.6 Å². The number of hydrogen-bond donors (Lipinski definition) is 0. The predicted octanol–water partition coefficient (Wildman–Crippen LogP) is 4.31. The van der Waals surface area contributed by atoms with Gasteiger partial charge in [-0.3, -0.25) is 0 Å². The van der Waals surface area contributed by atoms with E-state index in [1.54, 1.807) is 0 Å². The molecule has 0 saturated carbocycles. The zero-order valence-corrected chi connectivity index (χ0v) is 9.69. The second-order valence-electron chi connectivity index (χ2n) is 4.30. The van der Waals surface area contributed by atoms with Crippen molar-refractivity contribution in [2.75, 3.05) is 0 Å². The van der Waals surface area contributed by atoms with E-state index in [-0.39, 0.29) is 5.38 Å². The van der Waals surface area contributed by atoms with Crippen LogP contribution in [0.15, 0.2) is 12.1 Å². The molecule has 1 heteroatoms. The fourth-order valence-corrected chi connectivity index (χ4v) is 2.89. The fraction of sp³-hybridized carbons (Fsp3) is 0.538. The lowest BCUT2D eigenvalue weighted by atomic mass is 9.94. The Morgan fingerprint density at radius 3 is 2.64 bits per heavy atom. The molecule has 1 aromatic rings. The van der Waals surface area contributed by atoms with E-state index >= 15 is 0 Å². The van der Waals surface area contributed by atoms with Gasteiger partial charge in [0.05, 0.1) is 5.38 Å². The first-order valence-corrected chi connectivity index (χ1v) is 5.87. The van der Waals surface area contributed by atoms with Crippen molar-refractivity contribution in [1.29, 1.82) is 0 Å². The third kappa shape index (κ3) is 1.68. The van der Waals surface area contributed by atoms with Crippen molar-refractivity contribution in [3.63, 3.8) is 0 Å². The number of alkyl halides is 1. The summed E-state index contributed by atoms with van der Waals surface area (Å²) >= 11 is 6.43. The third-order valence-electron chi connectivity index (χ3n) is 3.26. The average Bonchev–Trinajstić information content (AvgIpc) is 2.35. The molecule has 0 aromatic heterocycles. The molecule has 0 amide bonds. The Kier molecular flexibility index (Phi) is 2.83. The highest BCUT2D eigenvalue weighted by Gasteiger charge is 2.19. The van der Waals surface area contributed by atoms with Gasteiger partial charge in [0, 0.05) is 0 Å². The fourth-order valence-electron chi connectivity index (χ4n) is 2.43. The molecule has 1 unspecified atom stereocenters. The SMILES string of the molecule is Cc1ccc(C)c2c1CCCCC2Cl. The van der Waals surface area contributed by atoms with Gasteiger partial charge < -0.3 is 0 Å². The molecule has 0 saturated heterocycles. The number of benzene rings is 1. The lowest BCUT2D eigenvalue weighted by molar-refractivity contribution is 0.698. The summed E-state index contributed by atoms with van der Waals surface area (Å²) in [7, 11) is 0. The van der Waals surface area contributed by atoms with Gasteiger partial charge in [-0.1, -0.05) is 18.6 Å². The molecule has 0 spiro atoms. The lowest BCUT2D eigenvalue weighted by Gasteiger charge is -2.16. The summed E-state index contributed by atoms with van der Waals surface area (Å²) in [5, 5.41) is 0.243. The Bertz CT molecular complexity index is 341. The normalized spacial score (nSPS) is 21.5. The Morgan fingerprint density at radius 2 is 1.86 bits per heavy atom. The van der Waals surface area contributed by atoms with Crippen molar-refractivity contribution in [3.05, 3.63) is 34.4 Å². The van der Waals surface area contributed by atoms with Crippen LogP contribution in [0.3, 0.4) is 0 Å². The number of halogens is 1. The molecule has 1 atom stereocenters. The zero-order chi connectivity index (χ0) is 10.1. The largest absolute Gasteiger partial charge is 0.118 e. The van der Waals surface area contributed by atoms with Gasteiger partial charge in [-0.2, -0.15) is 0 Å². The van der Waals surface area contributed by atoms with E-state index in [0.717, 1.165) is 6.42 Å². The van der Waals surface area contributed by atoms with Crippen LogP contribution in [-0.2, 0) is 6.42 Å². The molecule has 1 aromatic carbocycles. The minimum Gasteiger partial charge on any atom is -0.118 e. The minimum absolute atomic E-state index is 0.243. The summed E-state index contributed by atoms with van der Waals surface area (Å²) in [6.07, 6.45) is 4.91. The molecule has 76 valence electrons. The van der Waals surface area contributed by atoms with Crippen molar-refractivity contribution in [3.8, 4) is 0 Å². The van der Waals surface area contributed by atoms with E-state index in [2.05, 4.69) is 26.0 Å². The van der Waals surface area contributed by atoms with Crippen LogP contribution < -0.4 is 0 Å². The number of hydrogen-bond acceptors (Lipinski definition) is 0. The number of aryl methyl sites for hydroxylation is 2. The van der Waals surface area contributed by atoms with Crippen molar-refractivity contribution in [1.82, 2.24) is 0 Å². The molecule has 0 heterocycles. The first-order chi connectivity index (χ1) is 6.70. The smallest absolute Gasteiger partial charge is 0.0590 e. The monoisotopic (exact) mass is 208 g/mol. The van der Waals surface area contributed by atoms with Crippen LogP contribution in [0.1, 0.15) is 46.9 Å². The maximum atomic E-state index is 6.43. The minimum atomic E-state index is 0.243. The molecular formula is C13H17Cl. The topological polar surface area (TPSA) is 0 Å². The molecule has 14 heavy (non-hydrogen) atoms. The van der Waals surface area contributed by atoms with Gasteiger partial charge in [0.25, 0.3) is 0 Å². The third-order valence-corrected chi connectivity index (χ3v) is 3.69. The second kappa shape index (κ2) is 3.94. The molecule has 0 fully saturated rings. The van der Waals surface area contributed by atoms with E-state index in [9.17, 15) is 0 Å². The van der Waals surface area contributed by atoms with Gasteiger partial charge in [0.15, 0.2) is 0 Å². The summed E-state index contributed by atoms with van der Waals surface area (Å²) in [6.45, 7) is 4.38. The standard InChI is InChI=1S/C13H17Cl/c1-9-7-8-10(2)13-11(9)5-3-4-6-12(13)14/h7-8,12H,3-6H2,1-2H3. The van der Waals surface area contributed by atoms with Gasteiger partial charge in [-0.15, -0.1) is 11.6 Å². The highest BCUT2D eigenvalue weighted by Crippen LogP contribution is 2.36. The Hall–Kier alpha value is -0.490. The van der Waals surface area contributed by atoms with Crippen LogP contribution in [0, 0.1) is 13.8 Å².